The Morgan fingerprint density at radius 2 is 1.92 bits per heavy atom. The van der Waals surface area contributed by atoms with Gasteiger partial charge in [0.1, 0.15) is 5.82 Å². The summed E-state index contributed by atoms with van der Waals surface area (Å²) < 4.78 is 13.6. The van der Waals surface area contributed by atoms with Gasteiger partial charge in [-0.1, -0.05) is 42.0 Å². The van der Waals surface area contributed by atoms with Crippen LogP contribution in [0.4, 0.5) is 10.1 Å². The van der Waals surface area contributed by atoms with Crippen molar-refractivity contribution in [1.82, 2.24) is 4.90 Å². The number of para-hydroxylation sites is 1. The second kappa shape index (κ2) is 6.83. The predicted molar refractivity (Wildman–Crippen MR) is 89.7 cm³/mol. The third kappa shape index (κ3) is 3.62. The number of benzene rings is 2. The van der Waals surface area contributed by atoms with Crippen LogP contribution >= 0.6 is 0 Å². The number of carbonyl (C=O) groups is 2. The van der Waals surface area contributed by atoms with Gasteiger partial charge in [0.15, 0.2) is 0 Å². The maximum absolute atomic E-state index is 13.6. The van der Waals surface area contributed by atoms with Crippen LogP contribution in [0.3, 0.4) is 0 Å². The zero-order chi connectivity index (χ0) is 17.1. The SMILES string of the molecule is Cc1ccc(CN2CC(C(=O)Nc3ccccc3F)CC2=O)cc1. The maximum atomic E-state index is 13.6. The van der Waals surface area contributed by atoms with Crippen LogP contribution in [-0.2, 0) is 16.1 Å². The molecule has 0 radical (unpaired) electrons. The van der Waals surface area contributed by atoms with Gasteiger partial charge < -0.3 is 10.2 Å². The molecule has 1 heterocycles. The van der Waals surface area contributed by atoms with Crippen LogP contribution in [0.1, 0.15) is 17.5 Å². The first-order valence-electron chi connectivity index (χ1n) is 7.91. The van der Waals surface area contributed by atoms with Crippen LogP contribution in [0.5, 0.6) is 0 Å². The lowest BCUT2D eigenvalue weighted by molar-refractivity contribution is -0.128. The highest BCUT2D eigenvalue weighted by Crippen LogP contribution is 2.23. The summed E-state index contributed by atoms with van der Waals surface area (Å²) >= 11 is 0. The number of anilines is 1. The molecule has 1 unspecified atom stereocenters. The van der Waals surface area contributed by atoms with Gasteiger partial charge in [0.2, 0.25) is 11.8 Å². The molecule has 1 aliphatic rings. The minimum Gasteiger partial charge on any atom is -0.338 e. The number of carbonyl (C=O) groups excluding carboxylic acids is 2. The largest absolute Gasteiger partial charge is 0.338 e. The fraction of sp³-hybridized carbons (Fsp3) is 0.263. The van der Waals surface area contributed by atoms with Crippen LogP contribution in [0, 0.1) is 18.7 Å². The van der Waals surface area contributed by atoms with Crippen molar-refractivity contribution in [2.45, 2.75) is 19.9 Å². The molecule has 3 rings (SSSR count). The van der Waals surface area contributed by atoms with Crippen LogP contribution in [0.2, 0.25) is 0 Å². The number of likely N-dealkylation sites (tertiary alicyclic amines) is 1. The lowest BCUT2D eigenvalue weighted by atomic mass is 10.1. The van der Waals surface area contributed by atoms with E-state index < -0.39 is 11.7 Å². The van der Waals surface area contributed by atoms with Crippen LogP contribution in [0.15, 0.2) is 48.5 Å². The van der Waals surface area contributed by atoms with Gasteiger partial charge in [0, 0.05) is 19.5 Å². The van der Waals surface area contributed by atoms with Crippen molar-refractivity contribution in [3.8, 4) is 0 Å². The van der Waals surface area contributed by atoms with E-state index in [4.69, 9.17) is 0 Å². The van der Waals surface area contributed by atoms with Gasteiger partial charge in [0.05, 0.1) is 11.6 Å². The van der Waals surface area contributed by atoms with E-state index >= 15 is 0 Å². The summed E-state index contributed by atoms with van der Waals surface area (Å²) in [5.41, 5.74) is 2.34. The van der Waals surface area contributed by atoms with Gasteiger partial charge in [-0.3, -0.25) is 9.59 Å². The Morgan fingerprint density at radius 1 is 1.21 bits per heavy atom. The van der Waals surface area contributed by atoms with E-state index in [2.05, 4.69) is 5.32 Å². The molecule has 0 bridgehead atoms. The summed E-state index contributed by atoms with van der Waals surface area (Å²) in [7, 11) is 0. The first kappa shape index (κ1) is 16.2. The topological polar surface area (TPSA) is 49.4 Å². The van der Waals surface area contributed by atoms with Crippen molar-refractivity contribution in [3.05, 3.63) is 65.5 Å². The van der Waals surface area contributed by atoms with Crippen molar-refractivity contribution in [2.75, 3.05) is 11.9 Å². The number of nitrogens with zero attached hydrogens (tertiary/aromatic N) is 1. The zero-order valence-electron chi connectivity index (χ0n) is 13.5. The molecule has 2 amide bonds. The third-order valence-corrected chi connectivity index (χ3v) is 4.21. The van der Waals surface area contributed by atoms with E-state index in [9.17, 15) is 14.0 Å². The van der Waals surface area contributed by atoms with E-state index in [1.807, 2.05) is 31.2 Å². The van der Waals surface area contributed by atoms with Crippen molar-refractivity contribution < 1.29 is 14.0 Å². The van der Waals surface area contributed by atoms with E-state index in [0.717, 1.165) is 11.1 Å². The number of rotatable bonds is 4. The van der Waals surface area contributed by atoms with E-state index in [1.54, 1.807) is 17.0 Å². The molecule has 1 saturated heterocycles. The third-order valence-electron chi connectivity index (χ3n) is 4.21. The van der Waals surface area contributed by atoms with Crippen LogP contribution in [0.25, 0.3) is 0 Å². The predicted octanol–water partition coefficient (Wildman–Crippen LogP) is 3.12. The second-order valence-corrected chi connectivity index (χ2v) is 6.13. The fourth-order valence-electron chi connectivity index (χ4n) is 2.81. The minimum atomic E-state index is -0.480. The van der Waals surface area contributed by atoms with E-state index in [1.165, 1.54) is 12.1 Å². The molecule has 0 aromatic heterocycles. The Labute approximate surface area is 140 Å². The quantitative estimate of drug-likeness (QED) is 0.938. The van der Waals surface area contributed by atoms with Crippen LogP contribution in [-0.4, -0.2) is 23.3 Å². The first-order chi connectivity index (χ1) is 11.5. The van der Waals surface area contributed by atoms with Gasteiger partial charge in [-0.05, 0) is 24.6 Å². The van der Waals surface area contributed by atoms with Gasteiger partial charge in [-0.25, -0.2) is 4.39 Å². The molecular weight excluding hydrogens is 307 g/mol. The summed E-state index contributed by atoms with van der Waals surface area (Å²) in [4.78, 5) is 26.1. The highest BCUT2D eigenvalue weighted by Gasteiger charge is 2.34. The summed E-state index contributed by atoms with van der Waals surface area (Å²) in [5.74, 6) is -1.31. The van der Waals surface area contributed by atoms with Crippen molar-refractivity contribution in [3.63, 3.8) is 0 Å². The van der Waals surface area contributed by atoms with Crippen molar-refractivity contribution in [2.24, 2.45) is 5.92 Å². The fourth-order valence-corrected chi connectivity index (χ4v) is 2.81. The Balaban J connectivity index is 1.62. The molecule has 1 N–H and O–H groups in total. The average Bonchev–Trinajstić information content (AvgIpc) is 2.93. The van der Waals surface area contributed by atoms with Gasteiger partial charge >= 0.3 is 0 Å². The summed E-state index contributed by atoms with van der Waals surface area (Å²) in [5, 5.41) is 2.57. The van der Waals surface area contributed by atoms with Gasteiger partial charge in [0.25, 0.3) is 0 Å². The lowest BCUT2D eigenvalue weighted by Crippen LogP contribution is -2.28. The highest BCUT2D eigenvalue weighted by atomic mass is 19.1. The maximum Gasteiger partial charge on any atom is 0.229 e. The smallest absolute Gasteiger partial charge is 0.229 e. The molecule has 1 fully saturated rings. The molecule has 2 aromatic carbocycles. The molecule has 1 aliphatic heterocycles. The number of aryl methyl sites for hydroxylation is 1. The van der Waals surface area contributed by atoms with Crippen LogP contribution < -0.4 is 5.32 Å². The van der Waals surface area contributed by atoms with Crippen molar-refractivity contribution in [1.29, 1.82) is 0 Å². The standard InChI is InChI=1S/C19H19FN2O2/c1-13-6-8-14(9-7-13)11-22-12-15(10-18(22)23)19(24)21-17-5-3-2-4-16(17)20/h2-9,15H,10-12H2,1H3,(H,21,24). The molecule has 1 atom stereocenters. The average molecular weight is 326 g/mol. The molecule has 124 valence electrons. The minimum absolute atomic E-state index is 0.0516. The molecule has 24 heavy (non-hydrogen) atoms. The monoisotopic (exact) mass is 326 g/mol. The summed E-state index contributed by atoms with van der Waals surface area (Å²) in [6.45, 7) is 2.85. The Hall–Kier alpha value is -2.69. The molecule has 0 saturated carbocycles. The molecule has 0 aliphatic carbocycles. The van der Waals surface area contributed by atoms with E-state index in [-0.39, 0.29) is 23.9 Å². The highest BCUT2D eigenvalue weighted by molar-refractivity contribution is 5.97. The number of amides is 2. The number of nitrogens with one attached hydrogen (secondary N) is 1. The lowest BCUT2D eigenvalue weighted by Gasteiger charge is -2.17. The zero-order valence-corrected chi connectivity index (χ0v) is 13.5. The summed E-state index contributed by atoms with van der Waals surface area (Å²) in [6, 6.07) is 14.0. The molecular formula is C19H19FN2O2. The van der Waals surface area contributed by atoms with E-state index in [0.29, 0.717) is 13.1 Å². The number of hydrogen-bond donors (Lipinski definition) is 1. The number of hydrogen-bond acceptors (Lipinski definition) is 2. The van der Waals surface area contributed by atoms with Gasteiger partial charge in [-0.2, -0.15) is 0 Å². The van der Waals surface area contributed by atoms with Crippen molar-refractivity contribution >= 4 is 17.5 Å². The molecule has 0 spiro atoms. The Bertz CT molecular complexity index is 758. The molecule has 4 nitrogen and oxygen atoms in total. The van der Waals surface area contributed by atoms with Gasteiger partial charge in [-0.15, -0.1) is 0 Å². The first-order valence-corrected chi connectivity index (χ1v) is 7.91. The second-order valence-electron chi connectivity index (χ2n) is 6.13. The number of halogens is 1. The normalized spacial score (nSPS) is 17.2. The Morgan fingerprint density at radius 3 is 2.62 bits per heavy atom. The molecule has 5 heteroatoms. The Kier molecular flexibility index (Phi) is 4.60. The summed E-state index contributed by atoms with van der Waals surface area (Å²) in [6.07, 6.45) is 0.159. The molecule has 2 aromatic rings.